The van der Waals surface area contributed by atoms with Crippen molar-refractivity contribution < 1.29 is 27.5 Å². The number of anilines is 3. The van der Waals surface area contributed by atoms with Crippen LogP contribution in [0.25, 0.3) is 0 Å². The monoisotopic (exact) mass is 554 g/mol. The fourth-order valence-corrected chi connectivity index (χ4v) is 4.71. The van der Waals surface area contributed by atoms with Gasteiger partial charge in [-0.25, -0.2) is 23.1 Å². The van der Waals surface area contributed by atoms with Gasteiger partial charge in [-0.2, -0.15) is 0 Å². The number of halogens is 1. The van der Waals surface area contributed by atoms with Crippen molar-refractivity contribution in [3.63, 3.8) is 0 Å². The van der Waals surface area contributed by atoms with E-state index in [0.29, 0.717) is 5.69 Å². The first-order valence-corrected chi connectivity index (χ1v) is 13.4. The molecule has 0 saturated heterocycles. The maximum atomic E-state index is 13.1. The van der Waals surface area contributed by atoms with Gasteiger partial charge in [-0.3, -0.25) is 14.3 Å². The lowest BCUT2D eigenvalue weighted by molar-refractivity contribution is -0.120. The number of amides is 2. The Bertz CT molecular complexity index is 1510. The van der Waals surface area contributed by atoms with Crippen LogP contribution in [-0.2, 0) is 24.3 Å². The predicted octanol–water partition coefficient (Wildman–Crippen LogP) is 4.28. The van der Waals surface area contributed by atoms with E-state index in [2.05, 4.69) is 15.0 Å². The molecule has 2 N–H and O–H groups in total. The number of nitrogens with one attached hydrogen (secondary N) is 2. The number of carbonyl (C=O) groups is 3. The van der Waals surface area contributed by atoms with Crippen LogP contribution in [0.4, 0.5) is 17.2 Å². The van der Waals surface area contributed by atoms with E-state index in [0.717, 1.165) is 17.7 Å². The second-order valence-corrected chi connectivity index (χ2v) is 10.2. The molecule has 0 fully saturated rings. The van der Waals surface area contributed by atoms with E-state index in [-0.39, 0.29) is 39.3 Å². The molecule has 2 aromatic carbocycles. The second kappa shape index (κ2) is 11.4. The Morgan fingerprint density at radius 2 is 1.79 bits per heavy atom. The molecule has 0 spiro atoms. The number of pyridine rings is 1. The van der Waals surface area contributed by atoms with Crippen molar-refractivity contribution >= 4 is 56.6 Å². The van der Waals surface area contributed by atoms with E-state index >= 15 is 0 Å². The SMILES string of the molecule is CCCCOC(=O)c1cccc(N2C(=O)C(Cl)=C(Nc3ccc(S(=O)(=O)Nc4ccccn4)cc3)C2=O)c1. The van der Waals surface area contributed by atoms with Crippen molar-refractivity contribution in [2.45, 2.75) is 24.7 Å². The number of hydrogen-bond acceptors (Lipinski definition) is 8. The Morgan fingerprint density at radius 1 is 1.03 bits per heavy atom. The summed E-state index contributed by atoms with van der Waals surface area (Å²) >= 11 is 6.20. The minimum absolute atomic E-state index is 0.0353. The third-order valence-corrected chi connectivity index (χ3v) is 7.16. The average molecular weight is 555 g/mol. The summed E-state index contributed by atoms with van der Waals surface area (Å²) in [5.41, 5.74) is 0.482. The minimum Gasteiger partial charge on any atom is -0.462 e. The molecule has 10 nitrogen and oxygen atoms in total. The number of sulfonamides is 1. The van der Waals surface area contributed by atoms with E-state index in [9.17, 15) is 22.8 Å². The van der Waals surface area contributed by atoms with Gasteiger partial charge in [0.1, 0.15) is 16.5 Å². The summed E-state index contributed by atoms with van der Waals surface area (Å²) in [5.74, 6) is -1.90. The van der Waals surface area contributed by atoms with Gasteiger partial charge in [-0.15, -0.1) is 0 Å². The van der Waals surface area contributed by atoms with Crippen molar-refractivity contribution in [3.8, 4) is 0 Å². The standard InChI is InChI=1S/C26H23ClN4O6S/c1-2-3-15-37-26(34)17-7-6-8-19(16-17)31-24(32)22(27)23(25(31)33)29-18-10-12-20(13-11-18)38(35,36)30-21-9-4-5-14-28-21/h4-14,16,29H,2-3,15H2,1H3,(H,28,30). The van der Waals surface area contributed by atoms with Crippen LogP contribution >= 0.6 is 11.6 Å². The van der Waals surface area contributed by atoms with Crippen LogP contribution in [0.5, 0.6) is 0 Å². The van der Waals surface area contributed by atoms with Gasteiger partial charge < -0.3 is 10.1 Å². The van der Waals surface area contributed by atoms with Crippen LogP contribution in [0.1, 0.15) is 30.1 Å². The molecule has 0 radical (unpaired) electrons. The summed E-state index contributed by atoms with van der Waals surface area (Å²) in [6.07, 6.45) is 3.04. The molecule has 0 unspecified atom stereocenters. The van der Waals surface area contributed by atoms with Crippen molar-refractivity contribution in [2.24, 2.45) is 0 Å². The van der Waals surface area contributed by atoms with Crippen LogP contribution in [0.2, 0.25) is 0 Å². The summed E-state index contributed by atoms with van der Waals surface area (Å²) in [6, 6.07) is 16.3. The van der Waals surface area contributed by atoms with Gasteiger partial charge in [0, 0.05) is 11.9 Å². The lowest BCUT2D eigenvalue weighted by Gasteiger charge is -2.16. The lowest BCUT2D eigenvalue weighted by atomic mass is 10.2. The van der Waals surface area contributed by atoms with Crippen LogP contribution < -0.4 is 14.9 Å². The zero-order valence-corrected chi connectivity index (χ0v) is 21.8. The number of benzene rings is 2. The highest BCUT2D eigenvalue weighted by Crippen LogP contribution is 2.31. The zero-order chi connectivity index (χ0) is 27.3. The molecule has 1 aliphatic rings. The van der Waals surface area contributed by atoms with E-state index < -0.39 is 27.8 Å². The van der Waals surface area contributed by atoms with Gasteiger partial charge in [0.05, 0.1) is 22.8 Å². The fraction of sp³-hybridized carbons (Fsp3) is 0.154. The second-order valence-electron chi connectivity index (χ2n) is 8.14. The maximum Gasteiger partial charge on any atom is 0.338 e. The highest BCUT2D eigenvalue weighted by atomic mass is 35.5. The summed E-state index contributed by atoms with van der Waals surface area (Å²) in [5, 5.41) is 2.44. The molecule has 0 bridgehead atoms. The zero-order valence-electron chi connectivity index (χ0n) is 20.2. The molecule has 196 valence electrons. The van der Waals surface area contributed by atoms with Gasteiger partial charge in [0.15, 0.2) is 0 Å². The van der Waals surface area contributed by atoms with Crippen molar-refractivity contribution in [3.05, 3.63) is 89.2 Å². The molecule has 0 atom stereocenters. The van der Waals surface area contributed by atoms with Crippen LogP contribution in [-0.4, -0.2) is 37.8 Å². The summed E-state index contributed by atoms with van der Waals surface area (Å²) < 4.78 is 32.8. The normalized spacial score (nSPS) is 13.6. The number of esters is 1. The number of rotatable bonds is 10. The summed E-state index contributed by atoms with van der Waals surface area (Å²) in [6.45, 7) is 2.24. The smallest absolute Gasteiger partial charge is 0.338 e. The third-order valence-electron chi connectivity index (χ3n) is 5.44. The Balaban J connectivity index is 1.49. The van der Waals surface area contributed by atoms with Crippen LogP contribution in [0.3, 0.4) is 0 Å². The molecule has 3 aromatic rings. The lowest BCUT2D eigenvalue weighted by Crippen LogP contribution is -2.32. The van der Waals surface area contributed by atoms with Gasteiger partial charge in [-0.1, -0.05) is 37.1 Å². The predicted molar refractivity (Wildman–Crippen MR) is 142 cm³/mol. The first kappa shape index (κ1) is 26.8. The van der Waals surface area contributed by atoms with Crippen LogP contribution in [0.15, 0.2) is 88.6 Å². The number of imide groups is 1. The number of ether oxygens (including phenoxy) is 1. The van der Waals surface area contributed by atoms with Crippen molar-refractivity contribution in [2.75, 3.05) is 21.5 Å². The van der Waals surface area contributed by atoms with Crippen molar-refractivity contribution in [1.29, 1.82) is 0 Å². The highest BCUT2D eigenvalue weighted by Gasteiger charge is 2.39. The fourth-order valence-electron chi connectivity index (χ4n) is 3.49. The van der Waals surface area contributed by atoms with Crippen molar-refractivity contribution in [1.82, 2.24) is 4.98 Å². The minimum atomic E-state index is -3.90. The number of carbonyl (C=O) groups excluding carboxylic acids is 3. The molecule has 2 heterocycles. The Labute approximate surface area is 224 Å². The molecular formula is C26H23ClN4O6S. The summed E-state index contributed by atoms with van der Waals surface area (Å²) in [4.78, 5) is 43.0. The first-order chi connectivity index (χ1) is 18.2. The molecule has 0 aliphatic carbocycles. The molecule has 12 heteroatoms. The van der Waals surface area contributed by atoms with Gasteiger partial charge in [0.2, 0.25) is 0 Å². The first-order valence-electron chi connectivity index (χ1n) is 11.6. The molecule has 38 heavy (non-hydrogen) atoms. The molecular weight excluding hydrogens is 532 g/mol. The van der Waals surface area contributed by atoms with E-state index in [1.54, 1.807) is 12.1 Å². The molecule has 0 saturated carbocycles. The van der Waals surface area contributed by atoms with E-state index in [4.69, 9.17) is 16.3 Å². The Kier molecular flexibility index (Phi) is 8.08. The largest absolute Gasteiger partial charge is 0.462 e. The molecule has 1 aromatic heterocycles. The Hall–Kier alpha value is -4.22. The number of aromatic nitrogens is 1. The number of nitrogens with zero attached hydrogens (tertiary/aromatic N) is 2. The average Bonchev–Trinajstić information content (AvgIpc) is 3.12. The van der Waals surface area contributed by atoms with Gasteiger partial charge in [0.25, 0.3) is 21.8 Å². The number of hydrogen-bond donors (Lipinski definition) is 2. The van der Waals surface area contributed by atoms with E-state index in [1.165, 1.54) is 60.8 Å². The third kappa shape index (κ3) is 5.84. The molecule has 4 rings (SSSR count). The molecule has 2 amide bonds. The van der Waals surface area contributed by atoms with Gasteiger partial charge in [-0.05, 0) is 61.0 Å². The quantitative estimate of drug-likeness (QED) is 0.215. The highest BCUT2D eigenvalue weighted by molar-refractivity contribution is 7.92. The van der Waals surface area contributed by atoms with Gasteiger partial charge >= 0.3 is 5.97 Å². The molecule has 1 aliphatic heterocycles. The topological polar surface area (TPSA) is 135 Å². The number of unbranched alkanes of at least 4 members (excludes halogenated alkanes) is 1. The maximum absolute atomic E-state index is 13.1. The van der Waals surface area contributed by atoms with Crippen LogP contribution in [0, 0.1) is 0 Å². The summed E-state index contributed by atoms with van der Waals surface area (Å²) in [7, 11) is -3.90. The Morgan fingerprint density at radius 3 is 2.47 bits per heavy atom. The van der Waals surface area contributed by atoms with E-state index in [1.807, 2.05) is 6.92 Å².